The van der Waals surface area contributed by atoms with Crippen LogP contribution in [0.15, 0.2) is 12.3 Å². The van der Waals surface area contributed by atoms with E-state index in [4.69, 9.17) is 11.6 Å². The summed E-state index contributed by atoms with van der Waals surface area (Å²) in [7, 11) is 0. The Morgan fingerprint density at radius 2 is 2.33 bits per heavy atom. The quantitative estimate of drug-likeness (QED) is 0.855. The third-order valence-electron chi connectivity index (χ3n) is 1.89. The van der Waals surface area contributed by atoms with E-state index >= 15 is 0 Å². The number of hydrogen-bond donors (Lipinski definition) is 1. The number of nitrogens with zero attached hydrogens (tertiary/aromatic N) is 2. The highest BCUT2D eigenvalue weighted by Gasteiger charge is 2.11. The summed E-state index contributed by atoms with van der Waals surface area (Å²) in [6.45, 7) is 4.83. The van der Waals surface area contributed by atoms with Crippen molar-refractivity contribution >= 4 is 17.5 Å². The lowest BCUT2D eigenvalue weighted by atomic mass is 10.1. The first-order chi connectivity index (χ1) is 7.11. The van der Waals surface area contributed by atoms with E-state index < -0.39 is 0 Å². The predicted molar refractivity (Wildman–Crippen MR) is 58.8 cm³/mol. The molecular weight excluding hydrogens is 214 g/mol. The Labute approximate surface area is 94.0 Å². The van der Waals surface area contributed by atoms with E-state index in [0.717, 1.165) is 6.42 Å². The van der Waals surface area contributed by atoms with Crippen LogP contribution in [0.25, 0.3) is 0 Å². The van der Waals surface area contributed by atoms with E-state index in [-0.39, 0.29) is 11.6 Å². The van der Waals surface area contributed by atoms with Gasteiger partial charge in [-0.2, -0.15) is 5.10 Å². The molecule has 82 valence electrons. The van der Waals surface area contributed by atoms with Crippen molar-refractivity contribution in [3.8, 4) is 0 Å². The molecule has 4 nitrogen and oxygen atoms in total. The fourth-order valence-electron chi connectivity index (χ4n) is 1.03. The van der Waals surface area contributed by atoms with Crippen LogP contribution in [0, 0.1) is 5.92 Å². The highest BCUT2D eigenvalue weighted by atomic mass is 35.5. The average Bonchev–Trinajstić information content (AvgIpc) is 2.17. The van der Waals surface area contributed by atoms with Crippen LogP contribution in [-0.2, 0) is 0 Å². The van der Waals surface area contributed by atoms with Crippen LogP contribution in [0.3, 0.4) is 0 Å². The summed E-state index contributed by atoms with van der Waals surface area (Å²) in [5.74, 6) is 0.288. The lowest BCUT2D eigenvalue weighted by Crippen LogP contribution is -2.26. The van der Waals surface area contributed by atoms with E-state index in [1.54, 1.807) is 6.07 Å². The van der Waals surface area contributed by atoms with Crippen molar-refractivity contribution in [3.05, 3.63) is 23.0 Å². The summed E-state index contributed by atoms with van der Waals surface area (Å²) in [5, 5.41) is 10.4. The maximum atomic E-state index is 11.5. The van der Waals surface area contributed by atoms with Gasteiger partial charge < -0.3 is 5.32 Å². The highest BCUT2D eigenvalue weighted by molar-refractivity contribution is 6.33. The van der Waals surface area contributed by atoms with Crippen LogP contribution in [0.2, 0.25) is 5.02 Å². The molecule has 15 heavy (non-hydrogen) atoms. The Bertz CT molecular complexity index is 341. The second kappa shape index (κ2) is 5.66. The standard InChI is InChI=1S/C10H14ClN3O/c1-7(2)3-5-12-10(15)9-8(11)4-6-13-14-9/h4,6-7H,3,5H2,1-2H3,(H,12,15). The normalized spacial score (nSPS) is 10.4. The van der Waals surface area contributed by atoms with Crippen molar-refractivity contribution in [3.63, 3.8) is 0 Å². The number of amides is 1. The van der Waals surface area contributed by atoms with E-state index in [9.17, 15) is 4.79 Å². The molecule has 0 unspecified atom stereocenters. The maximum Gasteiger partial charge on any atom is 0.273 e. The summed E-state index contributed by atoms with van der Waals surface area (Å²) in [4.78, 5) is 11.5. The lowest BCUT2D eigenvalue weighted by molar-refractivity contribution is 0.0946. The molecule has 0 fully saturated rings. The van der Waals surface area contributed by atoms with Gasteiger partial charge >= 0.3 is 0 Å². The van der Waals surface area contributed by atoms with Crippen molar-refractivity contribution < 1.29 is 4.79 Å². The van der Waals surface area contributed by atoms with Crippen LogP contribution in [0.4, 0.5) is 0 Å². The van der Waals surface area contributed by atoms with Gasteiger partial charge in [0.05, 0.1) is 11.2 Å². The summed E-state index contributed by atoms with van der Waals surface area (Å²) < 4.78 is 0. The van der Waals surface area contributed by atoms with Crippen LogP contribution in [-0.4, -0.2) is 22.6 Å². The van der Waals surface area contributed by atoms with Crippen LogP contribution in [0.1, 0.15) is 30.8 Å². The molecule has 1 rings (SSSR count). The van der Waals surface area contributed by atoms with Crippen molar-refractivity contribution in [1.82, 2.24) is 15.5 Å². The second-order valence-corrected chi connectivity index (χ2v) is 4.07. The minimum absolute atomic E-state index is 0.183. The van der Waals surface area contributed by atoms with Crippen LogP contribution >= 0.6 is 11.6 Å². The molecule has 5 heteroatoms. The summed E-state index contributed by atoms with van der Waals surface area (Å²) in [5.41, 5.74) is 0.183. The van der Waals surface area contributed by atoms with E-state index in [1.165, 1.54) is 6.20 Å². The van der Waals surface area contributed by atoms with Gasteiger partial charge in [-0.25, -0.2) is 0 Å². The molecule has 0 aliphatic rings. The van der Waals surface area contributed by atoms with Gasteiger partial charge in [-0.1, -0.05) is 25.4 Å². The molecule has 1 aromatic rings. The summed E-state index contributed by atoms with van der Waals surface area (Å²) in [6, 6.07) is 1.55. The first-order valence-electron chi connectivity index (χ1n) is 4.86. The minimum Gasteiger partial charge on any atom is -0.351 e. The Hall–Kier alpha value is -1.16. The van der Waals surface area contributed by atoms with Gasteiger partial charge in [-0.15, -0.1) is 5.10 Å². The molecule has 0 aromatic carbocycles. The molecule has 0 aliphatic heterocycles. The third-order valence-corrected chi connectivity index (χ3v) is 2.20. The number of halogens is 1. The molecule has 0 radical (unpaired) electrons. The van der Waals surface area contributed by atoms with Gasteiger partial charge in [0.15, 0.2) is 5.69 Å². The van der Waals surface area contributed by atoms with Gasteiger partial charge in [0, 0.05) is 6.54 Å². The molecule has 1 N–H and O–H groups in total. The molecule has 0 saturated heterocycles. The van der Waals surface area contributed by atoms with Gasteiger partial charge in [0.1, 0.15) is 0 Å². The number of carbonyl (C=O) groups excluding carboxylic acids is 1. The number of aromatic nitrogens is 2. The molecule has 1 aromatic heterocycles. The third kappa shape index (κ3) is 3.83. The second-order valence-electron chi connectivity index (χ2n) is 3.67. The van der Waals surface area contributed by atoms with E-state index in [1.807, 2.05) is 0 Å². The van der Waals surface area contributed by atoms with Gasteiger partial charge in [-0.3, -0.25) is 4.79 Å². The Morgan fingerprint density at radius 1 is 1.60 bits per heavy atom. The molecule has 0 aliphatic carbocycles. The predicted octanol–water partition coefficient (Wildman–Crippen LogP) is 1.91. The fraction of sp³-hybridized carbons (Fsp3) is 0.500. The first kappa shape index (κ1) is 11.9. The zero-order valence-electron chi connectivity index (χ0n) is 8.83. The fourth-order valence-corrected chi connectivity index (χ4v) is 1.21. The Morgan fingerprint density at radius 3 is 2.93 bits per heavy atom. The zero-order valence-corrected chi connectivity index (χ0v) is 9.58. The molecule has 0 spiro atoms. The molecular formula is C10H14ClN3O. The molecule has 0 atom stereocenters. The smallest absolute Gasteiger partial charge is 0.273 e. The zero-order chi connectivity index (χ0) is 11.3. The van der Waals surface area contributed by atoms with Crippen molar-refractivity contribution in [2.75, 3.05) is 6.54 Å². The lowest BCUT2D eigenvalue weighted by Gasteiger charge is -2.06. The largest absolute Gasteiger partial charge is 0.351 e. The maximum absolute atomic E-state index is 11.5. The van der Waals surface area contributed by atoms with E-state index in [2.05, 4.69) is 29.4 Å². The average molecular weight is 228 g/mol. The number of hydrogen-bond acceptors (Lipinski definition) is 3. The van der Waals surface area contributed by atoms with Crippen LogP contribution in [0.5, 0.6) is 0 Å². The topological polar surface area (TPSA) is 54.9 Å². The van der Waals surface area contributed by atoms with E-state index in [0.29, 0.717) is 17.5 Å². The monoisotopic (exact) mass is 227 g/mol. The van der Waals surface area contributed by atoms with Gasteiger partial charge in [0.2, 0.25) is 0 Å². The molecule has 0 saturated carbocycles. The Kier molecular flexibility index (Phi) is 4.49. The summed E-state index contributed by atoms with van der Waals surface area (Å²) >= 11 is 5.80. The highest BCUT2D eigenvalue weighted by Crippen LogP contribution is 2.10. The van der Waals surface area contributed by atoms with Crippen molar-refractivity contribution in [2.45, 2.75) is 20.3 Å². The molecule has 1 amide bonds. The number of carbonyl (C=O) groups is 1. The van der Waals surface area contributed by atoms with Crippen molar-refractivity contribution in [1.29, 1.82) is 0 Å². The molecule has 1 heterocycles. The SMILES string of the molecule is CC(C)CCNC(=O)c1nnccc1Cl. The first-order valence-corrected chi connectivity index (χ1v) is 5.24. The van der Waals surface area contributed by atoms with Gasteiger partial charge in [-0.05, 0) is 18.4 Å². The minimum atomic E-state index is -0.270. The van der Waals surface area contributed by atoms with Crippen LogP contribution < -0.4 is 5.32 Å². The molecule has 0 bridgehead atoms. The van der Waals surface area contributed by atoms with Gasteiger partial charge in [0.25, 0.3) is 5.91 Å². The number of nitrogens with one attached hydrogen (secondary N) is 1. The van der Waals surface area contributed by atoms with Crippen molar-refractivity contribution in [2.24, 2.45) is 5.92 Å². The summed E-state index contributed by atoms with van der Waals surface area (Å²) in [6.07, 6.45) is 2.39. The Balaban J connectivity index is 2.51. The number of rotatable bonds is 4.